The third-order valence-corrected chi connectivity index (χ3v) is 3.61. The van der Waals surface area contributed by atoms with Gasteiger partial charge in [0, 0.05) is 19.1 Å². The Morgan fingerprint density at radius 2 is 1.88 bits per heavy atom. The van der Waals surface area contributed by atoms with Gasteiger partial charge in [0.25, 0.3) is 0 Å². The maximum atomic E-state index is 9.61. The molecule has 2 rings (SSSR count). The predicted molar refractivity (Wildman–Crippen MR) is 70.7 cm³/mol. The minimum atomic E-state index is -0.250. The van der Waals surface area contributed by atoms with Crippen molar-refractivity contribution in [1.29, 1.82) is 0 Å². The highest BCUT2D eigenvalue weighted by atomic mass is 16.3. The van der Waals surface area contributed by atoms with Gasteiger partial charge in [0.15, 0.2) is 0 Å². The average molecular weight is 233 g/mol. The lowest BCUT2D eigenvalue weighted by molar-refractivity contribution is 0.0902. The molecule has 94 valence electrons. The Hall–Kier alpha value is -0.860. The number of hydrogen-bond donors (Lipinski definition) is 1. The van der Waals surface area contributed by atoms with E-state index in [9.17, 15) is 5.11 Å². The zero-order valence-corrected chi connectivity index (χ0v) is 10.8. The normalized spacial score (nSPS) is 19.3. The van der Waals surface area contributed by atoms with Gasteiger partial charge in [-0.25, -0.2) is 0 Å². The van der Waals surface area contributed by atoms with Crippen molar-refractivity contribution >= 4 is 0 Å². The van der Waals surface area contributed by atoms with Crippen molar-refractivity contribution in [3.8, 4) is 0 Å². The third-order valence-electron chi connectivity index (χ3n) is 3.61. The minimum absolute atomic E-state index is 0.250. The van der Waals surface area contributed by atoms with Crippen LogP contribution in [0.1, 0.15) is 32.3 Å². The van der Waals surface area contributed by atoms with Crippen LogP contribution >= 0.6 is 0 Å². The van der Waals surface area contributed by atoms with E-state index >= 15 is 0 Å². The van der Waals surface area contributed by atoms with E-state index in [1.165, 1.54) is 18.4 Å². The molecule has 2 nitrogen and oxygen atoms in total. The number of hydrogen-bond acceptors (Lipinski definition) is 2. The fourth-order valence-electron chi connectivity index (χ4n) is 2.41. The molecular weight excluding hydrogens is 210 g/mol. The van der Waals surface area contributed by atoms with Crippen LogP contribution < -0.4 is 0 Å². The van der Waals surface area contributed by atoms with Crippen LogP contribution in [-0.2, 0) is 6.54 Å². The van der Waals surface area contributed by atoms with Gasteiger partial charge < -0.3 is 5.11 Å². The van der Waals surface area contributed by atoms with Crippen LogP contribution in [0.3, 0.4) is 0 Å². The molecule has 2 heteroatoms. The van der Waals surface area contributed by atoms with Gasteiger partial charge in [-0.05, 0) is 38.2 Å². The molecule has 1 fully saturated rings. The van der Waals surface area contributed by atoms with Crippen LogP contribution in [0.15, 0.2) is 30.3 Å². The van der Waals surface area contributed by atoms with E-state index in [4.69, 9.17) is 0 Å². The molecule has 1 aliphatic rings. The van der Waals surface area contributed by atoms with Gasteiger partial charge >= 0.3 is 0 Å². The Morgan fingerprint density at radius 3 is 2.41 bits per heavy atom. The maximum absolute atomic E-state index is 9.61. The van der Waals surface area contributed by atoms with Crippen LogP contribution in [0.4, 0.5) is 0 Å². The Bertz CT molecular complexity index is 332. The lowest BCUT2D eigenvalue weighted by atomic mass is 10.1. The van der Waals surface area contributed by atoms with Gasteiger partial charge in [-0.1, -0.05) is 30.3 Å². The standard InChI is InChI=1S/C15H23NO/c1-12(17)10-16(13(2)15-8-9-15)11-14-6-4-3-5-7-14/h3-7,12-13,15,17H,8-11H2,1-2H3. The molecule has 2 unspecified atom stereocenters. The van der Waals surface area contributed by atoms with Crippen molar-refractivity contribution in [2.24, 2.45) is 5.92 Å². The van der Waals surface area contributed by atoms with E-state index in [0.29, 0.717) is 6.04 Å². The lowest BCUT2D eigenvalue weighted by Crippen LogP contribution is -2.38. The predicted octanol–water partition coefficient (Wildman–Crippen LogP) is 2.67. The van der Waals surface area contributed by atoms with E-state index in [2.05, 4.69) is 36.1 Å². The molecule has 0 aromatic heterocycles. The molecule has 0 amide bonds. The first-order valence-electron chi connectivity index (χ1n) is 6.63. The molecule has 0 bridgehead atoms. The summed E-state index contributed by atoms with van der Waals surface area (Å²) in [5.41, 5.74) is 1.33. The highest BCUT2D eigenvalue weighted by Crippen LogP contribution is 2.35. The fourth-order valence-corrected chi connectivity index (χ4v) is 2.41. The molecule has 0 aliphatic heterocycles. The molecule has 2 atom stereocenters. The van der Waals surface area contributed by atoms with E-state index in [1.54, 1.807) is 0 Å². The summed E-state index contributed by atoms with van der Waals surface area (Å²) >= 11 is 0. The first-order chi connectivity index (χ1) is 8.16. The third kappa shape index (κ3) is 3.83. The summed E-state index contributed by atoms with van der Waals surface area (Å²) in [6.07, 6.45) is 2.46. The van der Waals surface area contributed by atoms with Crippen molar-refractivity contribution in [2.45, 2.75) is 45.4 Å². The molecule has 1 aliphatic carbocycles. The summed E-state index contributed by atoms with van der Waals surface area (Å²) in [6, 6.07) is 11.1. The molecule has 0 spiro atoms. The minimum Gasteiger partial charge on any atom is -0.392 e. The summed E-state index contributed by atoms with van der Waals surface area (Å²) in [4.78, 5) is 2.41. The molecule has 1 aromatic rings. The van der Waals surface area contributed by atoms with Gasteiger partial charge in [-0.3, -0.25) is 4.90 Å². The fraction of sp³-hybridized carbons (Fsp3) is 0.600. The summed E-state index contributed by atoms with van der Waals surface area (Å²) < 4.78 is 0. The number of rotatable bonds is 6. The molecule has 0 heterocycles. The van der Waals surface area contributed by atoms with Crippen LogP contribution in [0, 0.1) is 5.92 Å². The number of aliphatic hydroxyl groups is 1. The van der Waals surface area contributed by atoms with Crippen molar-refractivity contribution in [3.05, 3.63) is 35.9 Å². The molecule has 0 radical (unpaired) electrons. The SMILES string of the molecule is CC(O)CN(Cc1ccccc1)C(C)C1CC1. The summed E-state index contributed by atoms with van der Waals surface area (Å²) in [5.74, 6) is 0.845. The largest absolute Gasteiger partial charge is 0.392 e. The van der Waals surface area contributed by atoms with Crippen molar-refractivity contribution in [1.82, 2.24) is 4.90 Å². The number of aliphatic hydroxyl groups excluding tert-OH is 1. The van der Waals surface area contributed by atoms with Crippen molar-refractivity contribution < 1.29 is 5.11 Å². The van der Waals surface area contributed by atoms with Gasteiger partial charge in [0.2, 0.25) is 0 Å². The van der Waals surface area contributed by atoms with Crippen molar-refractivity contribution in [2.75, 3.05) is 6.54 Å². The number of benzene rings is 1. The lowest BCUT2D eigenvalue weighted by Gasteiger charge is -2.30. The molecule has 17 heavy (non-hydrogen) atoms. The van der Waals surface area contributed by atoms with Crippen molar-refractivity contribution in [3.63, 3.8) is 0 Å². The quantitative estimate of drug-likeness (QED) is 0.816. The zero-order valence-electron chi connectivity index (χ0n) is 10.8. The zero-order chi connectivity index (χ0) is 12.3. The Labute approximate surface area is 104 Å². The van der Waals surface area contributed by atoms with E-state index < -0.39 is 0 Å². The van der Waals surface area contributed by atoms with Gasteiger partial charge in [-0.2, -0.15) is 0 Å². The molecular formula is C15H23NO. The smallest absolute Gasteiger partial charge is 0.0639 e. The maximum Gasteiger partial charge on any atom is 0.0639 e. The van der Waals surface area contributed by atoms with E-state index in [1.807, 2.05) is 13.0 Å². The topological polar surface area (TPSA) is 23.5 Å². The second-order valence-corrected chi connectivity index (χ2v) is 5.34. The molecule has 0 saturated heterocycles. The van der Waals surface area contributed by atoms with Crippen LogP contribution in [0.25, 0.3) is 0 Å². The summed E-state index contributed by atoms with van der Waals surface area (Å²) in [7, 11) is 0. The van der Waals surface area contributed by atoms with Crippen LogP contribution in [0.5, 0.6) is 0 Å². The van der Waals surface area contributed by atoms with Gasteiger partial charge in [0.05, 0.1) is 6.10 Å². The highest BCUT2D eigenvalue weighted by Gasteiger charge is 2.32. The number of nitrogens with zero attached hydrogens (tertiary/aromatic N) is 1. The Morgan fingerprint density at radius 1 is 1.24 bits per heavy atom. The Balaban J connectivity index is 1.99. The van der Waals surface area contributed by atoms with Crippen LogP contribution in [0.2, 0.25) is 0 Å². The average Bonchev–Trinajstić information content (AvgIpc) is 3.12. The van der Waals surface area contributed by atoms with Gasteiger partial charge in [0.1, 0.15) is 0 Å². The van der Waals surface area contributed by atoms with E-state index in [0.717, 1.165) is 19.0 Å². The first-order valence-corrected chi connectivity index (χ1v) is 6.63. The molecule has 1 N–H and O–H groups in total. The second-order valence-electron chi connectivity index (χ2n) is 5.34. The summed E-state index contributed by atoms with van der Waals surface area (Å²) in [5, 5.41) is 9.61. The van der Waals surface area contributed by atoms with Crippen LogP contribution in [-0.4, -0.2) is 28.7 Å². The van der Waals surface area contributed by atoms with E-state index in [-0.39, 0.29) is 6.10 Å². The molecule has 1 aromatic carbocycles. The van der Waals surface area contributed by atoms with Gasteiger partial charge in [-0.15, -0.1) is 0 Å². The Kier molecular flexibility index (Phi) is 4.19. The first kappa shape index (κ1) is 12.6. The second kappa shape index (κ2) is 5.65. The summed E-state index contributed by atoms with van der Waals surface area (Å²) in [6.45, 7) is 5.89. The monoisotopic (exact) mass is 233 g/mol. The molecule has 1 saturated carbocycles. The highest BCUT2D eigenvalue weighted by molar-refractivity contribution is 5.14.